The largest absolute Gasteiger partial charge is 0.348 e. The smallest absolute Gasteiger partial charge is 0.252 e. The zero-order valence-electron chi connectivity index (χ0n) is 12.4. The molecule has 2 unspecified atom stereocenters. The molecule has 1 amide bonds. The van der Waals surface area contributed by atoms with Gasteiger partial charge in [-0.1, -0.05) is 36.8 Å². The van der Waals surface area contributed by atoms with E-state index in [-0.39, 0.29) is 11.9 Å². The number of rotatable bonds is 3. The van der Waals surface area contributed by atoms with E-state index < -0.39 is 0 Å². The van der Waals surface area contributed by atoms with E-state index in [1.165, 1.54) is 19.3 Å². The summed E-state index contributed by atoms with van der Waals surface area (Å²) >= 11 is 1.85. The van der Waals surface area contributed by atoms with E-state index in [2.05, 4.69) is 23.4 Å². The predicted molar refractivity (Wildman–Crippen MR) is 89.4 cm³/mol. The Bertz CT molecular complexity index is 547. The third-order valence-corrected chi connectivity index (χ3v) is 4.99. The van der Waals surface area contributed by atoms with E-state index in [9.17, 15) is 4.79 Å². The first-order chi connectivity index (χ1) is 10.3. The van der Waals surface area contributed by atoms with Crippen molar-refractivity contribution in [1.29, 1.82) is 0 Å². The zero-order valence-corrected chi connectivity index (χ0v) is 13.2. The van der Waals surface area contributed by atoms with Gasteiger partial charge in [0.15, 0.2) is 0 Å². The minimum Gasteiger partial charge on any atom is -0.348 e. The van der Waals surface area contributed by atoms with Crippen LogP contribution in [0.15, 0.2) is 24.3 Å². The summed E-state index contributed by atoms with van der Waals surface area (Å²) < 4.78 is 0. The van der Waals surface area contributed by atoms with Gasteiger partial charge in [-0.05, 0) is 31.2 Å². The average molecular weight is 302 g/mol. The molecule has 112 valence electrons. The Labute approximate surface area is 131 Å². The molecule has 0 bridgehead atoms. The Hall–Kier alpha value is -1.44. The van der Waals surface area contributed by atoms with Gasteiger partial charge >= 0.3 is 0 Å². The van der Waals surface area contributed by atoms with Crippen molar-refractivity contribution in [3.05, 3.63) is 35.4 Å². The number of carbonyl (C=O) groups excluding carboxylic acids is 1. The van der Waals surface area contributed by atoms with Crippen molar-refractivity contribution in [2.24, 2.45) is 5.73 Å². The van der Waals surface area contributed by atoms with Crippen LogP contribution in [0.1, 0.15) is 41.6 Å². The Morgan fingerprint density at radius 2 is 2.14 bits per heavy atom. The monoisotopic (exact) mass is 302 g/mol. The molecule has 0 aromatic heterocycles. The van der Waals surface area contributed by atoms with Gasteiger partial charge in [0.2, 0.25) is 0 Å². The third-order valence-electron chi connectivity index (χ3n) is 3.82. The lowest BCUT2D eigenvalue weighted by Crippen LogP contribution is -2.43. The maximum Gasteiger partial charge on any atom is 0.252 e. The SMILES string of the molecule is CSC1CCCCC1NC(=O)c1ccccc1C#CCN. The van der Waals surface area contributed by atoms with Gasteiger partial charge in [0, 0.05) is 16.9 Å². The van der Waals surface area contributed by atoms with E-state index in [0.717, 1.165) is 12.0 Å². The van der Waals surface area contributed by atoms with Crippen molar-refractivity contribution >= 4 is 17.7 Å². The van der Waals surface area contributed by atoms with Gasteiger partial charge in [-0.25, -0.2) is 0 Å². The summed E-state index contributed by atoms with van der Waals surface area (Å²) in [6.45, 7) is 0.299. The number of hydrogen-bond acceptors (Lipinski definition) is 3. The minimum atomic E-state index is -0.0251. The Morgan fingerprint density at radius 3 is 2.90 bits per heavy atom. The highest BCUT2D eigenvalue weighted by Crippen LogP contribution is 2.27. The number of benzene rings is 1. The first kappa shape index (κ1) is 15.9. The van der Waals surface area contributed by atoms with E-state index in [0.29, 0.717) is 17.4 Å². The lowest BCUT2D eigenvalue weighted by Gasteiger charge is -2.31. The molecule has 0 heterocycles. The highest BCUT2D eigenvalue weighted by molar-refractivity contribution is 7.99. The Balaban J connectivity index is 2.13. The minimum absolute atomic E-state index is 0.0251. The summed E-state index contributed by atoms with van der Waals surface area (Å²) in [6, 6.07) is 7.71. The number of nitrogens with two attached hydrogens (primary N) is 1. The quantitative estimate of drug-likeness (QED) is 0.843. The molecular formula is C17H22N2OS. The van der Waals surface area contributed by atoms with Crippen LogP contribution in [0.2, 0.25) is 0 Å². The number of carbonyl (C=O) groups is 1. The maximum atomic E-state index is 12.5. The van der Waals surface area contributed by atoms with Crippen LogP contribution in [0.25, 0.3) is 0 Å². The molecule has 2 rings (SSSR count). The maximum absolute atomic E-state index is 12.5. The molecule has 2 atom stereocenters. The van der Waals surface area contributed by atoms with Gasteiger partial charge in [-0.2, -0.15) is 11.8 Å². The number of thioether (sulfide) groups is 1. The van der Waals surface area contributed by atoms with Crippen LogP contribution in [0, 0.1) is 11.8 Å². The van der Waals surface area contributed by atoms with E-state index in [1.54, 1.807) is 0 Å². The second-order valence-corrected chi connectivity index (χ2v) is 6.27. The number of hydrogen-bond donors (Lipinski definition) is 2. The average Bonchev–Trinajstić information content (AvgIpc) is 2.53. The standard InChI is InChI=1S/C17H22N2OS/c1-21-16-11-5-4-10-15(16)19-17(20)14-9-3-2-7-13(14)8-6-12-18/h2-3,7,9,15-16H,4-5,10-12,18H2,1H3,(H,19,20). The lowest BCUT2D eigenvalue weighted by molar-refractivity contribution is 0.0929. The molecule has 0 spiro atoms. The summed E-state index contributed by atoms with van der Waals surface area (Å²) in [5.74, 6) is 5.77. The first-order valence-electron chi connectivity index (χ1n) is 7.38. The van der Waals surface area contributed by atoms with E-state index in [4.69, 9.17) is 5.73 Å². The molecule has 3 nitrogen and oxygen atoms in total. The van der Waals surface area contributed by atoms with Crippen molar-refractivity contribution in [3.63, 3.8) is 0 Å². The normalized spacial score (nSPS) is 21.2. The van der Waals surface area contributed by atoms with E-state index in [1.807, 2.05) is 36.0 Å². The fraction of sp³-hybridized carbons (Fsp3) is 0.471. The molecular weight excluding hydrogens is 280 g/mol. The highest BCUT2D eigenvalue weighted by atomic mass is 32.2. The summed E-state index contributed by atoms with van der Waals surface area (Å²) in [5, 5.41) is 3.71. The Morgan fingerprint density at radius 1 is 1.38 bits per heavy atom. The lowest BCUT2D eigenvalue weighted by atomic mass is 9.94. The molecule has 0 aliphatic heterocycles. The molecule has 1 aliphatic carbocycles. The van der Waals surface area contributed by atoms with E-state index >= 15 is 0 Å². The van der Waals surface area contributed by atoms with Crippen LogP contribution >= 0.6 is 11.8 Å². The number of amides is 1. The molecule has 1 saturated carbocycles. The van der Waals surface area contributed by atoms with Crippen LogP contribution < -0.4 is 11.1 Å². The topological polar surface area (TPSA) is 55.1 Å². The van der Waals surface area contributed by atoms with Crippen molar-refractivity contribution in [1.82, 2.24) is 5.32 Å². The molecule has 0 radical (unpaired) electrons. The van der Waals surface area contributed by atoms with Gasteiger partial charge in [0.1, 0.15) is 0 Å². The van der Waals surface area contributed by atoms with Crippen LogP contribution in [-0.2, 0) is 0 Å². The fourth-order valence-corrected chi connectivity index (χ4v) is 3.66. The molecule has 1 aromatic carbocycles. The molecule has 0 saturated heterocycles. The summed E-state index contributed by atoms with van der Waals surface area (Å²) in [7, 11) is 0. The molecule has 1 fully saturated rings. The van der Waals surface area contributed by atoms with Gasteiger partial charge < -0.3 is 11.1 Å². The summed E-state index contributed by atoms with van der Waals surface area (Å²) in [4.78, 5) is 12.5. The van der Waals surface area contributed by atoms with Crippen molar-refractivity contribution in [2.45, 2.75) is 37.0 Å². The van der Waals surface area contributed by atoms with Gasteiger partial charge in [0.25, 0.3) is 5.91 Å². The molecule has 21 heavy (non-hydrogen) atoms. The van der Waals surface area contributed by atoms with Gasteiger partial charge in [-0.15, -0.1) is 0 Å². The van der Waals surface area contributed by atoms with Crippen molar-refractivity contribution < 1.29 is 4.79 Å². The zero-order chi connectivity index (χ0) is 15.1. The predicted octanol–water partition coefficient (Wildman–Crippen LogP) is 2.40. The second kappa shape index (κ2) is 8.11. The van der Waals surface area contributed by atoms with Gasteiger partial charge in [-0.3, -0.25) is 4.79 Å². The van der Waals surface area contributed by atoms with Crippen LogP contribution in [0.4, 0.5) is 0 Å². The van der Waals surface area contributed by atoms with Crippen LogP contribution in [0.3, 0.4) is 0 Å². The fourth-order valence-electron chi connectivity index (χ4n) is 2.73. The summed E-state index contributed by atoms with van der Waals surface area (Å²) in [5.41, 5.74) is 6.80. The summed E-state index contributed by atoms with van der Waals surface area (Å²) in [6.07, 6.45) is 6.82. The first-order valence-corrected chi connectivity index (χ1v) is 8.66. The van der Waals surface area contributed by atoms with Gasteiger partial charge in [0.05, 0.1) is 12.1 Å². The van der Waals surface area contributed by atoms with Crippen molar-refractivity contribution in [3.8, 4) is 11.8 Å². The molecule has 3 N–H and O–H groups in total. The molecule has 1 aromatic rings. The van der Waals surface area contributed by atoms with Crippen molar-refractivity contribution in [2.75, 3.05) is 12.8 Å². The Kier molecular flexibility index (Phi) is 6.16. The molecule has 1 aliphatic rings. The second-order valence-electron chi connectivity index (χ2n) is 5.19. The van der Waals surface area contributed by atoms with Crippen LogP contribution in [0.5, 0.6) is 0 Å². The highest BCUT2D eigenvalue weighted by Gasteiger charge is 2.26. The number of nitrogens with one attached hydrogen (secondary N) is 1. The van der Waals surface area contributed by atoms with Crippen LogP contribution in [-0.4, -0.2) is 30.0 Å². The third kappa shape index (κ3) is 4.26. The molecule has 4 heteroatoms.